The summed E-state index contributed by atoms with van der Waals surface area (Å²) in [7, 11) is 0. The maximum Gasteiger partial charge on any atom is 0.387 e. The first kappa shape index (κ1) is 18.2. The van der Waals surface area contributed by atoms with E-state index in [1.165, 1.54) is 6.07 Å². The van der Waals surface area contributed by atoms with E-state index >= 15 is 0 Å². The molecule has 1 unspecified atom stereocenters. The monoisotopic (exact) mass is 314 g/mol. The number of nitrogens with one attached hydrogen (secondary N) is 2. The van der Waals surface area contributed by atoms with E-state index in [2.05, 4.69) is 29.2 Å². The number of para-hydroxylation sites is 1. The Labute approximate surface area is 130 Å². The summed E-state index contributed by atoms with van der Waals surface area (Å²) in [5.74, 6) is 0.663. The molecule has 0 radical (unpaired) electrons. The molecule has 2 amide bonds. The summed E-state index contributed by atoms with van der Waals surface area (Å²) in [6.45, 7) is 3.45. The first-order valence-corrected chi connectivity index (χ1v) is 7.45. The van der Waals surface area contributed by atoms with Crippen molar-refractivity contribution < 1.29 is 18.3 Å². The number of alkyl halides is 2. The van der Waals surface area contributed by atoms with Crippen LogP contribution >= 0.6 is 0 Å². The molecule has 4 nitrogen and oxygen atoms in total. The lowest BCUT2D eigenvalue weighted by molar-refractivity contribution is -0.0504. The third kappa shape index (κ3) is 7.24. The van der Waals surface area contributed by atoms with Crippen molar-refractivity contribution in [1.82, 2.24) is 10.6 Å². The maximum atomic E-state index is 12.3. The molecule has 0 bridgehead atoms. The number of rotatable bonds is 8. The molecule has 0 saturated carbocycles. The molecule has 0 fully saturated rings. The summed E-state index contributed by atoms with van der Waals surface area (Å²) >= 11 is 0. The fourth-order valence-corrected chi connectivity index (χ4v) is 1.97. The van der Waals surface area contributed by atoms with Crippen molar-refractivity contribution in [1.29, 1.82) is 0 Å². The van der Waals surface area contributed by atoms with Crippen LogP contribution in [-0.2, 0) is 6.54 Å². The zero-order valence-corrected chi connectivity index (χ0v) is 13.2. The fraction of sp³-hybridized carbons (Fsp3) is 0.562. The van der Waals surface area contributed by atoms with E-state index in [0.717, 1.165) is 12.8 Å². The molecule has 1 aromatic carbocycles. The lowest BCUT2D eigenvalue weighted by atomic mass is 10.0. The molecule has 2 N–H and O–H groups in total. The van der Waals surface area contributed by atoms with E-state index in [0.29, 0.717) is 11.5 Å². The minimum Gasteiger partial charge on any atom is -0.434 e. The first-order chi connectivity index (χ1) is 10.4. The molecule has 1 rings (SSSR count). The van der Waals surface area contributed by atoms with Gasteiger partial charge in [0.05, 0.1) is 0 Å². The molecular weight excluding hydrogens is 290 g/mol. The number of ether oxygens (including phenoxy) is 1. The van der Waals surface area contributed by atoms with Crippen molar-refractivity contribution in [3.8, 4) is 5.75 Å². The Kier molecular flexibility index (Phi) is 7.63. The standard InChI is InChI=1S/C16H24F2N2O2/c1-11(2)8-9-12(3)20-16(21)19-10-13-6-4-5-7-14(13)22-15(17)18/h4-7,11-12,15H,8-10H2,1-3H3,(H2,19,20,21). The van der Waals surface area contributed by atoms with Crippen molar-refractivity contribution in [3.05, 3.63) is 29.8 Å². The molecule has 0 saturated heterocycles. The zero-order valence-electron chi connectivity index (χ0n) is 13.2. The maximum absolute atomic E-state index is 12.3. The van der Waals surface area contributed by atoms with Gasteiger partial charge in [-0.3, -0.25) is 0 Å². The van der Waals surface area contributed by atoms with Crippen LogP contribution in [-0.4, -0.2) is 18.7 Å². The van der Waals surface area contributed by atoms with Gasteiger partial charge < -0.3 is 15.4 Å². The molecule has 6 heteroatoms. The smallest absolute Gasteiger partial charge is 0.387 e. The van der Waals surface area contributed by atoms with Gasteiger partial charge in [0.1, 0.15) is 5.75 Å². The number of halogens is 2. The lowest BCUT2D eigenvalue weighted by Crippen LogP contribution is -2.40. The molecule has 0 spiro atoms. The van der Waals surface area contributed by atoms with Crippen LogP contribution in [0.4, 0.5) is 13.6 Å². The van der Waals surface area contributed by atoms with Gasteiger partial charge in [0.15, 0.2) is 0 Å². The highest BCUT2D eigenvalue weighted by Gasteiger charge is 2.11. The third-order valence-corrected chi connectivity index (χ3v) is 3.18. The van der Waals surface area contributed by atoms with Crippen LogP contribution < -0.4 is 15.4 Å². The molecule has 22 heavy (non-hydrogen) atoms. The van der Waals surface area contributed by atoms with Crippen LogP contribution in [0.15, 0.2) is 24.3 Å². The summed E-state index contributed by atoms with van der Waals surface area (Å²) in [5.41, 5.74) is 0.507. The summed E-state index contributed by atoms with van der Waals surface area (Å²) in [6.07, 6.45) is 1.93. The number of carbonyl (C=O) groups excluding carboxylic acids is 1. The third-order valence-electron chi connectivity index (χ3n) is 3.18. The Morgan fingerprint density at radius 3 is 2.50 bits per heavy atom. The van der Waals surface area contributed by atoms with Crippen LogP contribution in [0, 0.1) is 5.92 Å². The number of hydrogen-bond acceptors (Lipinski definition) is 2. The van der Waals surface area contributed by atoms with Gasteiger partial charge in [0.2, 0.25) is 0 Å². The number of urea groups is 1. The summed E-state index contributed by atoms with van der Waals surface area (Å²) < 4.78 is 29.0. The van der Waals surface area contributed by atoms with Gasteiger partial charge in [-0.2, -0.15) is 8.78 Å². The fourth-order valence-electron chi connectivity index (χ4n) is 1.97. The van der Waals surface area contributed by atoms with Crippen molar-refractivity contribution in [3.63, 3.8) is 0 Å². The Morgan fingerprint density at radius 2 is 1.86 bits per heavy atom. The van der Waals surface area contributed by atoms with E-state index in [4.69, 9.17) is 0 Å². The molecule has 1 atom stereocenters. The van der Waals surface area contributed by atoms with E-state index in [9.17, 15) is 13.6 Å². The molecular formula is C16H24F2N2O2. The minimum atomic E-state index is -2.88. The van der Waals surface area contributed by atoms with Gasteiger partial charge in [-0.05, 0) is 31.7 Å². The van der Waals surface area contributed by atoms with Crippen LogP contribution in [0.25, 0.3) is 0 Å². The summed E-state index contributed by atoms with van der Waals surface area (Å²) in [6, 6.07) is 6.15. The highest BCUT2D eigenvalue weighted by molar-refractivity contribution is 5.74. The number of hydrogen-bond donors (Lipinski definition) is 2. The van der Waals surface area contributed by atoms with Crippen LogP contribution in [0.2, 0.25) is 0 Å². The number of amides is 2. The second kappa shape index (κ2) is 9.23. The quantitative estimate of drug-likeness (QED) is 0.764. The van der Waals surface area contributed by atoms with Gasteiger partial charge >= 0.3 is 12.6 Å². The van der Waals surface area contributed by atoms with Gasteiger partial charge in [0.25, 0.3) is 0 Å². The number of carbonyl (C=O) groups is 1. The molecule has 1 aromatic rings. The minimum absolute atomic E-state index is 0.0648. The Balaban J connectivity index is 2.44. The second-order valence-corrected chi connectivity index (χ2v) is 5.69. The van der Waals surface area contributed by atoms with Crippen molar-refractivity contribution >= 4 is 6.03 Å². The second-order valence-electron chi connectivity index (χ2n) is 5.69. The Hall–Kier alpha value is -1.85. The van der Waals surface area contributed by atoms with E-state index < -0.39 is 6.61 Å². The summed E-state index contributed by atoms with van der Waals surface area (Å²) in [5, 5.41) is 5.48. The van der Waals surface area contributed by atoms with Gasteiger partial charge in [-0.15, -0.1) is 0 Å². The molecule has 0 aliphatic rings. The van der Waals surface area contributed by atoms with Gasteiger partial charge in [0, 0.05) is 18.2 Å². The van der Waals surface area contributed by atoms with Crippen molar-refractivity contribution in [2.75, 3.05) is 0 Å². The highest BCUT2D eigenvalue weighted by Crippen LogP contribution is 2.19. The van der Waals surface area contributed by atoms with E-state index in [1.54, 1.807) is 18.2 Å². The average molecular weight is 314 g/mol. The van der Waals surface area contributed by atoms with Crippen LogP contribution in [0.1, 0.15) is 39.2 Å². The van der Waals surface area contributed by atoms with Gasteiger partial charge in [-0.25, -0.2) is 4.79 Å². The molecule has 0 heterocycles. The van der Waals surface area contributed by atoms with Crippen molar-refractivity contribution in [2.45, 2.75) is 52.8 Å². The molecule has 0 aromatic heterocycles. The van der Waals surface area contributed by atoms with Gasteiger partial charge in [-0.1, -0.05) is 32.0 Å². The van der Waals surface area contributed by atoms with E-state index in [-0.39, 0.29) is 24.4 Å². The van der Waals surface area contributed by atoms with Crippen LogP contribution in [0.3, 0.4) is 0 Å². The SMILES string of the molecule is CC(C)CCC(C)NC(=O)NCc1ccccc1OC(F)F. The predicted octanol–water partition coefficient (Wildman–Crippen LogP) is 3.91. The highest BCUT2D eigenvalue weighted by atomic mass is 19.3. The lowest BCUT2D eigenvalue weighted by Gasteiger charge is -2.16. The molecule has 0 aliphatic heterocycles. The normalized spacial score (nSPS) is 12.3. The largest absolute Gasteiger partial charge is 0.434 e. The molecule has 124 valence electrons. The Bertz CT molecular complexity index is 467. The van der Waals surface area contributed by atoms with Crippen molar-refractivity contribution in [2.24, 2.45) is 5.92 Å². The number of benzene rings is 1. The van der Waals surface area contributed by atoms with Crippen LogP contribution in [0.5, 0.6) is 5.75 Å². The average Bonchev–Trinajstić information content (AvgIpc) is 2.43. The predicted molar refractivity (Wildman–Crippen MR) is 82.0 cm³/mol. The molecule has 0 aliphatic carbocycles. The zero-order chi connectivity index (χ0) is 16.5. The Morgan fingerprint density at radius 1 is 1.18 bits per heavy atom. The first-order valence-electron chi connectivity index (χ1n) is 7.45. The summed E-state index contributed by atoms with van der Waals surface area (Å²) in [4.78, 5) is 11.8. The van der Waals surface area contributed by atoms with E-state index in [1.807, 2.05) is 6.92 Å². The topological polar surface area (TPSA) is 50.4 Å².